The number of carbonyl (C=O) groups is 1. The van der Waals surface area contributed by atoms with Crippen molar-refractivity contribution in [3.05, 3.63) is 58.6 Å². The van der Waals surface area contributed by atoms with E-state index in [1.807, 2.05) is 0 Å². The second-order valence-corrected chi connectivity index (χ2v) is 10.2. The molecule has 0 saturated carbocycles. The highest BCUT2D eigenvalue weighted by molar-refractivity contribution is 7.89. The van der Waals surface area contributed by atoms with Crippen LogP contribution in [0.5, 0.6) is 0 Å². The fraction of sp³-hybridized carbons (Fsp3) is 0.409. The molecule has 0 bridgehead atoms. The Hall–Kier alpha value is -1.93. The van der Waals surface area contributed by atoms with Gasteiger partial charge in [0.2, 0.25) is 15.9 Å². The third-order valence-electron chi connectivity index (χ3n) is 4.89. The van der Waals surface area contributed by atoms with Crippen molar-refractivity contribution in [2.75, 3.05) is 26.0 Å². The molecule has 0 aliphatic rings. The van der Waals surface area contributed by atoms with E-state index in [2.05, 4.69) is 55.7 Å². The lowest BCUT2D eigenvalue weighted by Gasteiger charge is -2.23. The van der Waals surface area contributed by atoms with Crippen molar-refractivity contribution < 1.29 is 13.2 Å². The normalized spacial score (nSPS) is 12.9. The number of benzene rings is 2. The molecule has 0 heterocycles. The van der Waals surface area contributed by atoms with Gasteiger partial charge in [-0.1, -0.05) is 56.6 Å². The molecule has 0 aromatic heterocycles. The minimum Gasteiger partial charge on any atom is -0.324 e. The Kier molecular flexibility index (Phi) is 8.43. The number of hydrogen-bond acceptors (Lipinski definition) is 4. The Balaban J connectivity index is 2.10. The molecule has 1 amide bonds. The maximum atomic E-state index is 12.5. The van der Waals surface area contributed by atoms with E-state index in [1.54, 1.807) is 0 Å². The molecule has 30 heavy (non-hydrogen) atoms. The molecule has 2 N–H and O–H groups in total. The summed E-state index contributed by atoms with van der Waals surface area (Å²) < 4.78 is 25.8. The Morgan fingerprint density at radius 1 is 1.10 bits per heavy atom. The van der Waals surface area contributed by atoms with E-state index >= 15 is 0 Å². The van der Waals surface area contributed by atoms with Gasteiger partial charge < -0.3 is 10.6 Å². The lowest BCUT2D eigenvalue weighted by Crippen LogP contribution is -2.33. The van der Waals surface area contributed by atoms with Gasteiger partial charge in [-0.05, 0) is 41.7 Å². The highest BCUT2D eigenvalue weighted by Gasteiger charge is 2.20. The van der Waals surface area contributed by atoms with Crippen LogP contribution < -0.4 is 10.6 Å². The summed E-state index contributed by atoms with van der Waals surface area (Å²) in [5, 5.41) is 6.28. The molecule has 1 atom stereocenters. The molecule has 0 aliphatic heterocycles. The van der Waals surface area contributed by atoms with Gasteiger partial charge in [0.05, 0.1) is 22.2 Å². The van der Waals surface area contributed by atoms with Crippen LogP contribution >= 0.6 is 11.6 Å². The molecule has 0 aliphatic carbocycles. The largest absolute Gasteiger partial charge is 0.324 e. The van der Waals surface area contributed by atoms with Crippen LogP contribution in [-0.4, -0.2) is 39.3 Å². The van der Waals surface area contributed by atoms with Crippen LogP contribution in [0.4, 0.5) is 5.69 Å². The third kappa shape index (κ3) is 6.04. The van der Waals surface area contributed by atoms with Gasteiger partial charge in [0.25, 0.3) is 0 Å². The first-order valence-electron chi connectivity index (χ1n) is 9.90. The maximum absolute atomic E-state index is 12.5. The van der Waals surface area contributed by atoms with E-state index in [1.165, 1.54) is 37.9 Å². The second kappa shape index (κ2) is 10.4. The Labute approximate surface area is 184 Å². The summed E-state index contributed by atoms with van der Waals surface area (Å²) in [5.41, 5.74) is 2.65. The predicted octanol–water partition coefficient (Wildman–Crippen LogP) is 4.08. The summed E-state index contributed by atoms with van der Waals surface area (Å²) in [4.78, 5) is 12.6. The van der Waals surface area contributed by atoms with Crippen LogP contribution in [0.25, 0.3) is 0 Å². The molecule has 2 rings (SSSR count). The Bertz CT molecular complexity index is 974. The van der Waals surface area contributed by atoms with Crippen LogP contribution in [0.1, 0.15) is 37.9 Å². The molecule has 0 spiro atoms. The highest BCUT2D eigenvalue weighted by atomic mass is 35.5. The summed E-state index contributed by atoms with van der Waals surface area (Å²) in [7, 11) is -0.724. The fourth-order valence-corrected chi connectivity index (χ4v) is 4.16. The number of sulfonamides is 1. The predicted molar refractivity (Wildman–Crippen MR) is 122 cm³/mol. The minimum absolute atomic E-state index is 0.0116. The van der Waals surface area contributed by atoms with Gasteiger partial charge in [-0.2, -0.15) is 0 Å². The molecule has 2 aromatic rings. The summed E-state index contributed by atoms with van der Waals surface area (Å²) in [6.45, 7) is 6.37. The van der Waals surface area contributed by atoms with Crippen molar-refractivity contribution in [1.82, 2.24) is 9.62 Å². The monoisotopic (exact) mass is 451 g/mol. The summed E-state index contributed by atoms with van der Waals surface area (Å²) in [5.74, 6) is -0.0189. The van der Waals surface area contributed by atoms with E-state index in [-0.39, 0.29) is 40.0 Å². The van der Waals surface area contributed by atoms with E-state index in [0.29, 0.717) is 0 Å². The summed E-state index contributed by atoms with van der Waals surface area (Å²) in [6.07, 6.45) is 0.978. The molecule has 0 fully saturated rings. The fourth-order valence-electron chi connectivity index (χ4n) is 3.07. The number of amides is 1. The number of halogens is 1. The quantitative estimate of drug-likeness (QED) is 0.602. The van der Waals surface area contributed by atoms with Crippen molar-refractivity contribution in [1.29, 1.82) is 0 Å². The molecule has 0 saturated heterocycles. The van der Waals surface area contributed by atoms with E-state index < -0.39 is 10.0 Å². The number of anilines is 1. The van der Waals surface area contributed by atoms with Gasteiger partial charge in [0.15, 0.2) is 0 Å². The smallest absolute Gasteiger partial charge is 0.242 e. The molecule has 2 aromatic carbocycles. The Morgan fingerprint density at radius 3 is 2.27 bits per heavy atom. The average Bonchev–Trinajstić information content (AvgIpc) is 2.69. The highest BCUT2D eigenvalue weighted by Crippen LogP contribution is 2.27. The number of nitrogens with one attached hydrogen (secondary N) is 2. The van der Waals surface area contributed by atoms with E-state index in [4.69, 9.17) is 11.6 Å². The van der Waals surface area contributed by atoms with Gasteiger partial charge in [-0.15, -0.1) is 0 Å². The van der Waals surface area contributed by atoms with Gasteiger partial charge in [0, 0.05) is 20.1 Å². The standard InChI is InChI=1S/C22H30ClN3O3S/c1-6-16-7-9-17(10-8-16)22(15(2)3)24-14-21(27)25-20-13-18(11-12-19(20)23)30(28,29)26(4)5/h7-13,15,22,24H,6,14H2,1-5H3,(H,25,27). The van der Waals surface area contributed by atoms with Crippen LogP contribution in [0.2, 0.25) is 5.02 Å². The average molecular weight is 452 g/mol. The zero-order chi connectivity index (χ0) is 22.5. The number of nitrogens with zero attached hydrogens (tertiary/aromatic N) is 1. The first-order chi connectivity index (χ1) is 14.1. The number of hydrogen-bond donors (Lipinski definition) is 2. The van der Waals surface area contributed by atoms with Crippen LogP contribution in [-0.2, 0) is 21.2 Å². The van der Waals surface area contributed by atoms with E-state index in [0.717, 1.165) is 16.3 Å². The third-order valence-corrected chi connectivity index (χ3v) is 7.03. The second-order valence-electron chi connectivity index (χ2n) is 7.67. The van der Waals surface area contributed by atoms with Gasteiger partial charge in [-0.3, -0.25) is 4.79 Å². The van der Waals surface area contributed by atoms with Crippen molar-refractivity contribution in [2.24, 2.45) is 5.92 Å². The molecule has 1 unspecified atom stereocenters. The van der Waals surface area contributed by atoms with Gasteiger partial charge >= 0.3 is 0 Å². The molecule has 6 nitrogen and oxygen atoms in total. The number of rotatable bonds is 9. The van der Waals surface area contributed by atoms with Crippen LogP contribution in [0.3, 0.4) is 0 Å². The summed E-state index contributed by atoms with van der Waals surface area (Å²) >= 11 is 6.16. The van der Waals surface area contributed by atoms with Gasteiger partial charge in [-0.25, -0.2) is 12.7 Å². The van der Waals surface area contributed by atoms with Crippen molar-refractivity contribution in [3.8, 4) is 0 Å². The van der Waals surface area contributed by atoms with E-state index in [9.17, 15) is 13.2 Å². The van der Waals surface area contributed by atoms with Crippen LogP contribution in [0, 0.1) is 5.92 Å². The topological polar surface area (TPSA) is 78.5 Å². The first kappa shape index (κ1) is 24.3. The van der Waals surface area contributed by atoms with Crippen LogP contribution in [0.15, 0.2) is 47.4 Å². The lowest BCUT2D eigenvalue weighted by molar-refractivity contribution is -0.115. The number of carbonyl (C=O) groups excluding carboxylic acids is 1. The van der Waals surface area contributed by atoms with Crippen molar-refractivity contribution in [2.45, 2.75) is 38.1 Å². The first-order valence-corrected chi connectivity index (χ1v) is 11.7. The zero-order valence-corrected chi connectivity index (χ0v) is 19.6. The van der Waals surface area contributed by atoms with Crippen molar-refractivity contribution >= 4 is 33.2 Å². The molecular formula is C22H30ClN3O3S. The number of aryl methyl sites for hydroxylation is 1. The van der Waals surface area contributed by atoms with Crippen molar-refractivity contribution in [3.63, 3.8) is 0 Å². The Morgan fingerprint density at radius 2 is 1.73 bits per heavy atom. The molecule has 0 radical (unpaired) electrons. The summed E-state index contributed by atoms with van der Waals surface area (Å²) in [6, 6.07) is 12.6. The minimum atomic E-state index is -3.62. The zero-order valence-electron chi connectivity index (χ0n) is 18.1. The lowest BCUT2D eigenvalue weighted by atomic mass is 9.95. The molecular weight excluding hydrogens is 422 g/mol. The van der Waals surface area contributed by atoms with Gasteiger partial charge in [0.1, 0.15) is 0 Å². The molecule has 8 heteroatoms. The SMILES string of the molecule is CCc1ccc(C(NCC(=O)Nc2cc(S(=O)(=O)N(C)C)ccc2Cl)C(C)C)cc1. The molecule has 164 valence electrons. The maximum Gasteiger partial charge on any atom is 0.242 e.